The average Bonchev–Trinajstić information content (AvgIpc) is 2.32. The first-order valence-electron chi connectivity index (χ1n) is 5.78. The molecule has 0 heterocycles. The molecule has 0 spiro atoms. The quantitative estimate of drug-likeness (QED) is 0.599. The molecular weight excluding hydrogens is 414 g/mol. The van der Waals surface area contributed by atoms with Crippen LogP contribution in [0, 0.1) is 0 Å². The van der Waals surface area contributed by atoms with Crippen molar-refractivity contribution in [1.29, 1.82) is 0 Å². The van der Waals surface area contributed by atoms with Gasteiger partial charge in [-0.1, -0.05) is 6.92 Å². The van der Waals surface area contributed by atoms with E-state index in [-0.39, 0.29) is 17.3 Å². The van der Waals surface area contributed by atoms with Gasteiger partial charge in [-0.25, -0.2) is 13.1 Å². The second kappa shape index (κ2) is 7.39. The molecule has 9 heteroatoms. The molecule has 0 radical (unpaired) electrons. The fourth-order valence-corrected chi connectivity index (χ4v) is 4.99. The van der Waals surface area contributed by atoms with Crippen molar-refractivity contribution in [2.45, 2.75) is 18.2 Å². The molecule has 0 aliphatic carbocycles. The molecule has 20 heavy (non-hydrogen) atoms. The van der Waals surface area contributed by atoms with E-state index in [4.69, 9.17) is 5.73 Å². The Hall–Kier alpha value is -0.640. The summed E-state index contributed by atoms with van der Waals surface area (Å²) >= 11 is 6.31. The first-order chi connectivity index (χ1) is 9.27. The Morgan fingerprint density at radius 2 is 1.85 bits per heavy atom. The predicted molar refractivity (Wildman–Crippen MR) is 84.7 cm³/mol. The Morgan fingerprint density at radius 3 is 2.35 bits per heavy atom. The monoisotopic (exact) mass is 427 g/mol. The predicted octanol–water partition coefficient (Wildman–Crippen LogP) is 1.60. The third-order valence-corrected chi connectivity index (χ3v) is 5.56. The molecule has 0 saturated heterocycles. The zero-order chi connectivity index (χ0) is 15.3. The summed E-state index contributed by atoms with van der Waals surface area (Å²) < 4.78 is 27.2. The summed E-state index contributed by atoms with van der Waals surface area (Å²) in [6.45, 7) is 2.11. The molecule has 1 rings (SSSR count). The van der Waals surface area contributed by atoms with Gasteiger partial charge in [-0.3, -0.25) is 4.79 Å². The average molecular weight is 429 g/mol. The van der Waals surface area contributed by atoms with E-state index < -0.39 is 10.0 Å². The number of nitrogens with one attached hydrogen (secondary N) is 2. The molecular formula is C11H15Br2N3O3S. The Labute approximate surface area is 134 Å². The van der Waals surface area contributed by atoms with Crippen LogP contribution in [0.3, 0.4) is 0 Å². The summed E-state index contributed by atoms with van der Waals surface area (Å²) in [6, 6.07) is 2.97. The number of nitrogens with two attached hydrogens (primary N) is 1. The van der Waals surface area contributed by atoms with Crippen LogP contribution in [0.5, 0.6) is 0 Å². The van der Waals surface area contributed by atoms with Crippen molar-refractivity contribution in [3.8, 4) is 0 Å². The van der Waals surface area contributed by atoms with Crippen LogP contribution in [0.15, 0.2) is 26.0 Å². The first-order valence-corrected chi connectivity index (χ1v) is 8.85. The Bertz CT molecular complexity index is 582. The van der Waals surface area contributed by atoms with Crippen molar-refractivity contribution in [1.82, 2.24) is 10.0 Å². The van der Waals surface area contributed by atoms with Crippen LogP contribution in [0.1, 0.15) is 13.3 Å². The Morgan fingerprint density at radius 1 is 1.30 bits per heavy atom. The van der Waals surface area contributed by atoms with E-state index in [0.717, 1.165) is 6.42 Å². The van der Waals surface area contributed by atoms with Crippen molar-refractivity contribution in [3.05, 3.63) is 21.1 Å². The van der Waals surface area contributed by atoms with E-state index >= 15 is 0 Å². The van der Waals surface area contributed by atoms with Crippen LogP contribution in [0.4, 0.5) is 5.69 Å². The number of sulfonamides is 1. The molecule has 1 aromatic rings. The molecule has 1 amide bonds. The number of hydrogen-bond acceptors (Lipinski definition) is 4. The van der Waals surface area contributed by atoms with E-state index in [0.29, 0.717) is 21.2 Å². The number of carbonyl (C=O) groups is 1. The van der Waals surface area contributed by atoms with E-state index in [9.17, 15) is 13.2 Å². The molecule has 0 unspecified atom stereocenters. The van der Waals surface area contributed by atoms with Crippen LogP contribution in [0.25, 0.3) is 0 Å². The van der Waals surface area contributed by atoms with Crippen molar-refractivity contribution >= 4 is 53.5 Å². The highest BCUT2D eigenvalue weighted by Gasteiger charge is 2.22. The fraction of sp³-hybridized carbons (Fsp3) is 0.364. The fourth-order valence-electron chi connectivity index (χ4n) is 1.40. The maximum atomic E-state index is 12.2. The zero-order valence-corrected chi connectivity index (χ0v) is 14.7. The van der Waals surface area contributed by atoms with Gasteiger partial charge in [-0.05, 0) is 50.4 Å². The minimum atomic E-state index is -3.82. The number of anilines is 1. The number of benzene rings is 1. The lowest BCUT2D eigenvalue weighted by Crippen LogP contribution is -2.37. The van der Waals surface area contributed by atoms with Gasteiger partial charge in [0, 0.05) is 21.2 Å². The van der Waals surface area contributed by atoms with Gasteiger partial charge in [0.1, 0.15) is 4.90 Å². The standard InChI is InChI=1S/C11H15Br2N3O3S/c1-2-3-15-10(17)6-16-20(18,19)11-8(12)4-7(14)5-9(11)13/h4-5,16H,2-3,6,14H2,1H3,(H,15,17). The largest absolute Gasteiger partial charge is 0.399 e. The number of nitrogen functional groups attached to an aromatic ring is 1. The second-order valence-corrected chi connectivity index (χ2v) is 7.40. The number of amides is 1. The van der Waals surface area contributed by atoms with Gasteiger partial charge in [0.25, 0.3) is 0 Å². The normalized spacial score (nSPS) is 11.3. The van der Waals surface area contributed by atoms with Crippen LogP contribution < -0.4 is 15.8 Å². The Balaban J connectivity index is 2.87. The second-order valence-electron chi connectivity index (χ2n) is 3.99. The van der Waals surface area contributed by atoms with Crippen LogP contribution in [0.2, 0.25) is 0 Å². The molecule has 0 saturated carbocycles. The van der Waals surface area contributed by atoms with E-state index in [1.54, 1.807) is 0 Å². The lowest BCUT2D eigenvalue weighted by molar-refractivity contribution is -0.119. The maximum Gasteiger partial charge on any atom is 0.243 e. The molecule has 0 bridgehead atoms. The number of carbonyl (C=O) groups excluding carboxylic acids is 1. The van der Waals surface area contributed by atoms with Gasteiger partial charge >= 0.3 is 0 Å². The summed E-state index contributed by atoms with van der Waals surface area (Å²) in [4.78, 5) is 11.4. The smallest absolute Gasteiger partial charge is 0.243 e. The van der Waals surface area contributed by atoms with E-state index in [1.807, 2.05) is 6.92 Å². The lowest BCUT2D eigenvalue weighted by Gasteiger charge is -2.11. The minimum absolute atomic E-state index is 0.00925. The topological polar surface area (TPSA) is 101 Å². The summed E-state index contributed by atoms with van der Waals surface area (Å²) in [5.74, 6) is -0.377. The third kappa shape index (κ3) is 4.72. The molecule has 0 aliphatic heterocycles. The first kappa shape index (κ1) is 17.4. The van der Waals surface area contributed by atoms with Crippen LogP contribution in [-0.2, 0) is 14.8 Å². The summed E-state index contributed by atoms with van der Waals surface area (Å²) in [7, 11) is -3.82. The highest BCUT2D eigenvalue weighted by atomic mass is 79.9. The lowest BCUT2D eigenvalue weighted by atomic mass is 10.3. The molecule has 0 aliphatic rings. The molecule has 1 aromatic carbocycles. The minimum Gasteiger partial charge on any atom is -0.399 e. The zero-order valence-electron chi connectivity index (χ0n) is 10.7. The Kier molecular flexibility index (Phi) is 6.44. The molecule has 0 atom stereocenters. The van der Waals surface area contributed by atoms with E-state index in [2.05, 4.69) is 41.9 Å². The van der Waals surface area contributed by atoms with Gasteiger partial charge in [-0.15, -0.1) is 0 Å². The van der Waals surface area contributed by atoms with Gasteiger partial charge in [0.2, 0.25) is 15.9 Å². The van der Waals surface area contributed by atoms with Crippen molar-refractivity contribution in [2.24, 2.45) is 0 Å². The van der Waals surface area contributed by atoms with Crippen molar-refractivity contribution in [2.75, 3.05) is 18.8 Å². The number of halogens is 2. The molecule has 0 fully saturated rings. The van der Waals surface area contributed by atoms with E-state index in [1.165, 1.54) is 12.1 Å². The van der Waals surface area contributed by atoms with Crippen molar-refractivity contribution < 1.29 is 13.2 Å². The van der Waals surface area contributed by atoms with Crippen LogP contribution in [-0.4, -0.2) is 27.4 Å². The molecule has 0 aromatic heterocycles. The SMILES string of the molecule is CCCNC(=O)CNS(=O)(=O)c1c(Br)cc(N)cc1Br. The molecule has 6 nitrogen and oxygen atoms in total. The van der Waals surface area contributed by atoms with Crippen molar-refractivity contribution in [3.63, 3.8) is 0 Å². The number of hydrogen-bond donors (Lipinski definition) is 3. The molecule has 112 valence electrons. The summed E-state index contributed by atoms with van der Waals surface area (Å²) in [5.41, 5.74) is 6.03. The van der Waals surface area contributed by atoms with Gasteiger partial charge in [0.05, 0.1) is 6.54 Å². The van der Waals surface area contributed by atoms with Gasteiger partial charge in [-0.2, -0.15) is 0 Å². The highest BCUT2D eigenvalue weighted by molar-refractivity contribution is 9.11. The number of rotatable bonds is 6. The van der Waals surface area contributed by atoms with Gasteiger partial charge in [0.15, 0.2) is 0 Å². The van der Waals surface area contributed by atoms with Gasteiger partial charge < -0.3 is 11.1 Å². The highest BCUT2D eigenvalue weighted by Crippen LogP contribution is 2.32. The maximum absolute atomic E-state index is 12.2. The molecule has 4 N–H and O–H groups in total. The summed E-state index contributed by atoms with van der Waals surface area (Å²) in [6.07, 6.45) is 0.785. The van der Waals surface area contributed by atoms with Crippen LogP contribution >= 0.6 is 31.9 Å². The summed E-state index contributed by atoms with van der Waals surface area (Å²) in [5, 5.41) is 2.59. The third-order valence-electron chi connectivity index (χ3n) is 2.28.